The minimum atomic E-state index is -0.0135. The number of hydrogen-bond donors (Lipinski definition) is 1. The minimum absolute atomic E-state index is 0.0135. The molecule has 1 saturated heterocycles. The molecule has 0 atom stereocenters. The Balaban J connectivity index is 1.22. The summed E-state index contributed by atoms with van der Waals surface area (Å²) in [6.07, 6.45) is 3.20. The Labute approximate surface area is 185 Å². The van der Waals surface area contributed by atoms with Crippen LogP contribution >= 0.6 is 11.3 Å². The molecule has 6 nitrogen and oxygen atoms in total. The first kappa shape index (κ1) is 19.6. The Morgan fingerprint density at radius 1 is 1.06 bits per heavy atom. The summed E-state index contributed by atoms with van der Waals surface area (Å²) in [6, 6.07) is 18.3. The van der Waals surface area contributed by atoms with E-state index in [1.165, 1.54) is 16.9 Å². The highest BCUT2D eigenvalue weighted by Gasteiger charge is 2.26. The molecule has 7 heteroatoms. The third kappa shape index (κ3) is 4.27. The van der Waals surface area contributed by atoms with Crippen LogP contribution in [0.2, 0.25) is 0 Å². The van der Waals surface area contributed by atoms with Crippen LogP contribution in [0, 0.1) is 12.8 Å². The van der Waals surface area contributed by atoms with Gasteiger partial charge in [0.2, 0.25) is 5.91 Å². The number of aromatic nitrogens is 3. The second-order valence-electron chi connectivity index (χ2n) is 7.87. The number of thiazole rings is 1. The molecule has 4 aromatic rings. The minimum Gasteiger partial charge on any atom is -0.356 e. The Hall–Kier alpha value is -3.32. The molecular weight excluding hydrogens is 406 g/mol. The molecule has 0 spiro atoms. The van der Waals surface area contributed by atoms with Crippen molar-refractivity contribution in [2.45, 2.75) is 19.8 Å². The summed E-state index contributed by atoms with van der Waals surface area (Å²) in [4.78, 5) is 28.5. The SMILES string of the molecule is Cc1ccc2nc(NC(=O)C3CCN(c4cc(-c5ccccc5)ncn4)CC3)sc2c1. The average molecular weight is 430 g/mol. The summed E-state index contributed by atoms with van der Waals surface area (Å²) in [5, 5.41) is 3.71. The highest BCUT2D eigenvalue weighted by molar-refractivity contribution is 7.22. The van der Waals surface area contributed by atoms with Crippen molar-refractivity contribution in [3.63, 3.8) is 0 Å². The Bertz CT molecular complexity index is 1220. The second kappa shape index (κ2) is 8.43. The fourth-order valence-corrected chi connectivity index (χ4v) is 4.92. The lowest BCUT2D eigenvalue weighted by atomic mass is 9.96. The normalized spacial score (nSPS) is 14.7. The van der Waals surface area contributed by atoms with Crippen LogP contribution < -0.4 is 10.2 Å². The molecule has 1 aliphatic heterocycles. The van der Waals surface area contributed by atoms with Gasteiger partial charge in [0.25, 0.3) is 0 Å². The molecule has 0 radical (unpaired) electrons. The van der Waals surface area contributed by atoms with Gasteiger partial charge in [0.15, 0.2) is 5.13 Å². The van der Waals surface area contributed by atoms with Crippen molar-refractivity contribution in [1.29, 1.82) is 0 Å². The number of carbonyl (C=O) groups is 1. The van der Waals surface area contributed by atoms with Crippen LogP contribution in [0.25, 0.3) is 21.5 Å². The van der Waals surface area contributed by atoms with E-state index >= 15 is 0 Å². The number of fused-ring (bicyclic) bond motifs is 1. The summed E-state index contributed by atoms with van der Waals surface area (Å²) in [5.74, 6) is 0.956. The first-order valence-corrected chi connectivity index (χ1v) is 11.3. The van der Waals surface area contributed by atoms with Gasteiger partial charge in [-0.1, -0.05) is 47.7 Å². The van der Waals surface area contributed by atoms with Crippen molar-refractivity contribution < 1.29 is 4.79 Å². The van der Waals surface area contributed by atoms with E-state index in [0.717, 1.165) is 53.2 Å². The molecule has 3 heterocycles. The number of nitrogens with zero attached hydrogens (tertiary/aromatic N) is 4. The predicted molar refractivity (Wildman–Crippen MR) is 125 cm³/mol. The monoisotopic (exact) mass is 429 g/mol. The quantitative estimate of drug-likeness (QED) is 0.499. The van der Waals surface area contributed by atoms with E-state index in [0.29, 0.717) is 5.13 Å². The van der Waals surface area contributed by atoms with E-state index in [-0.39, 0.29) is 11.8 Å². The molecule has 2 aromatic heterocycles. The number of nitrogens with one attached hydrogen (secondary N) is 1. The summed E-state index contributed by atoms with van der Waals surface area (Å²) >= 11 is 1.53. The van der Waals surface area contributed by atoms with Gasteiger partial charge in [-0.2, -0.15) is 0 Å². The molecule has 1 amide bonds. The zero-order valence-corrected chi connectivity index (χ0v) is 18.1. The van der Waals surface area contributed by atoms with Crippen LogP contribution in [-0.4, -0.2) is 33.9 Å². The topological polar surface area (TPSA) is 71.0 Å². The number of anilines is 2. The maximum atomic E-state index is 12.8. The number of aryl methyl sites for hydroxylation is 1. The molecular formula is C24H23N5OS. The third-order valence-corrected chi connectivity index (χ3v) is 6.62. The van der Waals surface area contributed by atoms with Gasteiger partial charge in [-0.15, -0.1) is 0 Å². The van der Waals surface area contributed by atoms with E-state index < -0.39 is 0 Å². The number of benzene rings is 2. The smallest absolute Gasteiger partial charge is 0.229 e. The molecule has 1 fully saturated rings. The van der Waals surface area contributed by atoms with Gasteiger partial charge in [0.05, 0.1) is 15.9 Å². The highest BCUT2D eigenvalue weighted by Crippen LogP contribution is 2.29. The van der Waals surface area contributed by atoms with E-state index in [1.807, 2.05) is 48.5 Å². The summed E-state index contributed by atoms with van der Waals surface area (Å²) < 4.78 is 1.10. The summed E-state index contributed by atoms with van der Waals surface area (Å²) in [5.41, 5.74) is 4.11. The van der Waals surface area contributed by atoms with Crippen LogP contribution in [0.3, 0.4) is 0 Å². The van der Waals surface area contributed by atoms with Crippen molar-refractivity contribution in [1.82, 2.24) is 15.0 Å². The first-order valence-electron chi connectivity index (χ1n) is 10.5. The Morgan fingerprint density at radius 2 is 1.87 bits per heavy atom. The lowest BCUT2D eigenvalue weighted by Gasteiger charge is -2.32. The maximum Gasteiger partial charge on any atom is 0.229 e. The van der Waals surface area contributed by atoms with Gasteiger partial charge in [0.1, 0.15) is 12.1 Å². The number of piperidine rings is 1. The first-order chi connectivity index (χ1) is 15.2. The standard InChI is InChI=1S/C24H23N5OS/c1-16-7-8-19-21(13-16)31-24(27-19)28-23(30)18-9-11-29(12-10-18)22-14-20(25-15-26-22)17-5-3-2-4-6-17/h2-8,13-15,18H,9-12H2,1H3,(H,27,28,30). The lowest BCUT2D eigenvalue weighted by molar-refractivity contribution is -0.120. The highest BCUT2D eigenvalue weighted by atomic mass is 32.1. The largest absolute Gasteiger partial charge is 0.356 e. The van der Waals surface area contributed by atoms with Crippen LogP contribution in [-0.2, 0) is 4.79 Å². The number of rotatable bonds is 4. The molecule has 1 N–H and O–H groups in total. The fraction of sp³-hybridized carbons (Fsp3) is 0.250. The van der Waals surface area contributed by atoms with Crippen molar-refractivity contribution in [3.05, 3.63) is 66.5 Å². The molecule has 0 bridgehead atoms. The number of carbonyl (C=O) groups excluding carboxylic acids is 1. The van der Waals surface area contributed by atoms with Gasteiger partial charge < -0.3 is 10.2 Å². The molecule has 31 heavy (non-hydrogen) atoms. The molecule has 0 unspecified atom stereocenters. The van der Waals surface area contributed by atoms with Gasteiger partial charge in [-0.25, -0.2) is 15.0 Å². The van der Waals surface area contributed by atoms with Crippen molar-refractivity contribution >= 4 is 38.4 Å². The van der Waals surface area contributed by atoms with Crippen LogP contribution in [0.1, 0.15) is 18.4 Å². The third-order valence-electron chi connectivity index (χ3n) is 5.69. The second-order valence-corrected chi connectivity index (χ2v) is 8.90. The van der Waals surface area contributed by atoms with E-state index in [4.69, 9.17) is 0 Å². The van der Waals surface area contributed by atoms with E-state index in [2.05, 4.69) is 38.2 Å². The van der Waals surface area contributed by atoms with Crippen molar-refractivity contribution in [2.24, 2.45) is 5.92 Å². The number of amides is 1. The van der Waals surface area contributed by atoms with E-state index in [9.17, 15) is 4.79 Å². The molecule has 1 aliphatic rings. The molecule has 0 saturated carbocycles. The summed E-state index contributed by atoms with van der Waals surface area (Å²) in [7, 11) is 0. The lowest BCUT2D eigenvalue weighted by Crippen LogP contribution is -2.38. The molecule has 156 valence electrons. The zero-order valence-electron chi connectivity index (χ0n) is 17.3. The van der Waals surface area contributed by atoms with Crippen LogP contribution in [0.4, 0.5) is 10.9 Å². The van der Waals surface area contributed by atoms with Gasteiger partial charge >= 0.3 is 0 Å². The zero-order chi connectivity index (χ0) is 21.2. The molecule has 5 rings (SSSR count). The van der Waals surface area contributed by atoms with Gasteiger partial charge in [0, 0.05) is 30.6 Å². The van der Waals surface area contributed by atoms with Gasteiger partial charge in [-0.3, -0.25) is 4.79 Å². The van der Waals surface area contributed by atoms with Crippen LogP contribution in [0.5, 0.6) is 0 Å². The van der Waals surface area contributed by atoms with Gasteiger partial charge in [-0.05, 0) is 37.5 Å². The summed E-state index contributed by atoms with van der Waals surface area (Å²) in [6.45, 7) is 3.65. The van der Waals surface area contributed by atoms with Crippen molar-refractivity contribution in [3.8, 4) is 11.3 Å². The Kier molecular flexibility index (Phi) is 5.34. The molecule has 2 aromatic carbocycles. The van der Waals surface area contributed by atoms with E-state index in [1.54, 1.807) is 6.33 Å². The number of hydrogen-bond acceptors (Lipinski definition) is 6. The fourth-order valence-electron chi connectivity index (χ4n) is 3.95. The predicted octanol–water partition coefficient (Wildman–Crippen LogP) is 4.92. The van der Waals surface area contributed by atoms with Crippen LogP contribution in [0.15, 0.2) is 60.9 Å². The Morgan fingerprint density at radius 3 is 2.68 bits per heavy atom. The molecule has 0 aliphatic carbocycles. The van der Waals surface area contributed by atoms with Crippen molar-refractivity contribution in [2.75, 3.05) is 23.3 Å². The average Bonchev–Trinajstić information content (AvgIpc) is 3.21. The maximum absolute atomic E-state index is 12.8.